The molecule has 0 saturated carbocycles. The van der Waals surface area contributed by atoms with Crippen LogP contribution in [0.2, 0.25) is 0 Å². The van der Waals surface area contributed by atoms with Crippen LogP contribution in [0.25, 0.3) is 0 Å². The average molecular weight is 144 g/mol. The lowest BCUT2D eigenvalue weighted by atomic mass is 10.0. The van der Waals surface area contributed by atoms with Crippen LogP contribution in [0.1, 0.15) is 19.8 Å². The summed E-state index contributed by atoms with van der Waals surface area (Å²) in [5.74, 6) is -0.384. The van der Waals surface area contributed by atoms with Crippen molar-refractivity contribution in [2.24, 2.45) is 5.92 Å². The number of aldehydes is 2. The molecule has 3 nitrogen and oxygen atoms in total. The lowest BCUT2D eigenvalue weighted by Gasteiger charge is -2.09. The minimum Gasteiger partial charge on any atom is -0.393 e. The van der Waals surface area contributed by atoms with Crippen LogP contribution in [0, 0.1) is 5.92 Å². The molecule has 0 fully saturated rings. The van der Waals surface area contributed by atoms with E-state index in [0.717, 1.165) is 6.29 Å². The van der Waals surface area contributed by atoms with Crippen molar-refractivity contribution in [2.75, 3.05) is 0 Å². The van der Waals surface area contributed by atoms with Crippen molar-refractivity contribution in [1.82, 2.24) is 0 Å². The van der Waals surface area contributed by atoms with Gasteiger partial charge in [0.25, 0.3) is 0 Å². The van der Waals surface area contributed by atoms with Gasteiger partial charge in [-0.2, -0.15) is 0 Å². The van der Waals surface area contributed by atoms with Crippen molar-refractivity contribution in [3.05, 3.63) is 0 Å². The summed E-state index contributed by atoms with van der Waals surface area (Å²) in [5, 5.41) is 8.89. The number of rotatable bonds is 5. The molecule has 0 aliphatic carbocycles. The highest BCUT2D eigenvalue weighted by molar-refractivity contribution is 5.56. The van der Waals surface area contributed by atoms with Gasteiger partial charge >= 0.3 is 0 Å². The maximum Gasteiger partial charge on any atom is 0.125 e. The Morgan fingerprint density at radius 1 is 1.50 bits per heavy atom. The summed E-state index contributed by atoms with van der Waals surface area (Å²) >= 11 is 0. The molecule has 1 N–H and O–H groups in total. The van der Waals surface area contributed by atoms with Gasteiger partial charge in [-0.05, 0) is 13.3 Å². The lowest BCUT2D eigenvalue weighted by Crippen LogP contribution is -2.17. The Hall–Kier alpha value is -0.700. The molecule has 0 radical (unpaired) electrons. The topological polar surface area (TPSA) is 54.4 Å². The normalized spacial score (nSPS) is 15.8. The number of hydrogen-bond donors (Lipinski definition) is 1. The summed E-state index contributed by atoms with van der Waals surface area (Å²) in [7, 11) is 0. The van der Waals surface area contributed by atoms with Gasteiger partial charge in [0.1, 0.15) is 12.6 Å². The SMILES string of the molecule is CC(O)C(C=O)CCC=O. The Kier molecular flexibility index (Phi) is 4.76. The van der Waals surface area contributed by atoms with Crippen LogP contribution >= 0.6 is 0 Å². The summed E-state index contributed by atoms with van der Waals surface area (Å²) in [6.07, 6.45) is 1.59. The molecule has 0 saturated heterocycles. The number of carbonyl (C=O) groups excluding carboxylic acids is 2. The van der Waals surface area contributed by atoms with Crippen LogP contribution in [-0.2, 0) is 9.59 Å². The largest absolute Gasteiger partial charge is 0.393 e. The van der Waals surface area contributed by atoms with Gasteiger partial charge in [-0.25, -0.2) is 0 Å². The Morgan fingerprint density at radius 3 is 2.40 bits per heavy atom. The molecular weight excluding hydrogens is 132 g/mol. The fraction of sp³-hybridized carbons (Fsp3) is 0.714. The quantitative estimate of drug-likeness (QED) is 0.559. The van der Waals surface area contributed by atoms with Crippen molar-refractivity contribution >= 4 is 12.6 Å². The molecule has 0 aromatic carbocycles. The Morgan fingerprint density at radius 2 is 2.10 bits per heavy atom. The van der Waals surface area contributed by atoms with Gasteiger partial charge in [0.05, 0.1) is 6.10 Å². The minimum atomic E-state index is -0.641. The van der Waals surface area contributed by atoms with Gasteiger partial charge in [-0.15, -0.1) is 0 Å². The van der Waals surface area contributed by atoms with Crippen molar-refractivity contribution < 1.29 is 14.7 Å². The smallest absolute Gasteiger partial charge is 0.125 e. The number of carbonyl (C=O) groups is 2. The van der Waals surface area contributed by atoms with E-state index in [1.807, 2.05) is 0 Å². The molecule has 0 aromatic rings. The Bertz CT molecular complexity index is 109. The Labute approximate surface area is 60.0 Å². The average Bonchev–Trinajstić information content (AvgIpc) is 1.89. The van der Waals surface area contributed by atoms with E-state index in [0.29, 0.717) is 19.1 Å². The number of aliphatic hydroxyl groups excluding tert-OH is 1. The van der Waals surface area contributed by atoms with Crippen molar-refractivity contribution in [3.8, 4) is 0 Å². The first-order chi connectivity index (χ1) is 4.72. The fourth-order valence-corrected chi connectivity index (χ4v) is 0.683. The second-order valence-electron chi connectivity index (χ2n) is 2.28. The molecule has 0 aliphatic heterocycles. The van der Waals surface area contributed by atoms with E-state index in [2.05, 4.69) is 0 Å². The van der Waals surface area contributed by atoms with E-state index < -0.39 is 6.10 Å². The molecule has 3 heteroatoms. The highest BCUT2D eigenvalue weighted by Gasteiger charge is 2.12. The van der Waals surface area contributed by atoms with Crippen LogP contribution in [0.15, 0.2) is 0 Å². The maximum absolute atomic E-state index is 10.2. The highest BCUT2D eigenvalue weighted by atomic mass is 16.3. The standard InChI is InChI=1S/C7H12O3/c1-6(10)7(5-9)3-2-4-8/h4-7,10H,2-3H2,1H3. The first kappa shape index (κ1) is 9.30. The zero-order valence-corrected chi connectivity index (χ0v) is 5.99. The summed E-state index contributed by atoms with van der Waals surface area (Å²) in [6.45, 7) is 1.55. The first-order valence-electron chi connectivity index (χ1n) is 3.29. The monoisotopic (exact) mass is 144 g/mol. The van der Waals surface area contributed by atoms with Crippen LogP contribution < -0.4 is 0 Å². The van der Waals surface area contributed by atoms with Crippen LogP contribution in [0.5, 0.6) is 0 Å². The van der Waals surface area contributed by atoms with E-state index in [1.165, 1.54) is 0 Å². The molecule has 0 heterocycles. The van der Waals surface area contributed by atoms with Crippen molar-refractivity contribution in [1.29, 1.82) is 0 Å². The van der Waals surface area contributed by atoms with Gasteiger partial charge in [0.15, 0.2) is 0 Å². The number of hydrogen-bond acceptors (Lipinski definition) is 3. The lowest BCUT2D eigenvalue weighted by molar-refractivity contribution is -0.114. The summed E-state index contributed by atoms with van der Waals surface area (Å²) in [5.41, 5.74) is 0. The second-order valence-corrected chi connectivity index (χ2v) is 2.28. The summed E-state index contributed by atoms with van der Waals surface area (Å²) in [6, 6.07) is 0. The summed E-state index contributed by atoms with van der Waals surface area (Å²) < 4.78 is 0. The molecule has 58 valence electrons. The predicted octanol–water partition coefficient (Wildman–Crippen LogP) is 0.161. The molecule has 0 amide bonds. The molecule has 0 rings (SSSR count). The van der Waals surface area contributed by atoms with Gasteiger partial charge in [0.2, 0.25) is 0 Å². The molecule has 0 aliphatic rings. The fourth-order valence-electron chi connectivity index (χ4n) is 0.683. The van der Waals surface area contributed by atoms with E-state index >= 15 is 0 Å². The van der Waals surface area contributed by atoms with Crippen LogP contribution in [-0.4, -0.2) is 23.8 Å². The molecule has 0 spiro atoms. The molecule has 0 aromatic heterocycles. The third-order valence-corrected chi connectivity index (χ3v) is 1.41. The van der Waals surface area contributed by atoms with E-state index in [4.69, 9.17) is 5.11 Å². The third-order valence-electron chi connectivity index (χ3n) is 1.41. The van der Waals surface area contributed by atoms with Crippen LogP contribution in [0.4, 0.5) is 0 Å². The second kappa shape index (κ2) is 5.11. The minimum absolute atomic E-state index is 0.342. The highest BCUT2D eigenvalue weighted by Crippen LogP contribution is 2.06. The van der Waals surface area contributed by atoms with Gasteiger partial charge in [0, 0.05) is 12.3 Å². The van der Waals surface area contributed by atoms with Crippen molar-refractivity contribution in [2.45, 2.75) is 25.9 Å². The van der Waals surface area contributed by atoms with Gasteiger partial charge in [-0.1, -0.05) is 0 Å². The number of aliphatic hydroxyl groups is 1. The van der Waals surface area contributed by atoms with E-state index in [9.17, 15) is 9.59 Å². The zero-order valence-electron chi connectivity index (χ0n) is 5.99. The van der Waals surface area contributed by atoms with E-state index in [1.54, 1.807) is 6.92 Å². The van der Waals surface area contributed by atoms with Gasteiger partial charge in [-0.3, -0.25) is 0 Å². The van der Waals surface area contributed by atoms with Gasteiger partial charge < -0.3 is 14.7 Å². The third kappa shape index (κ3) is 3.35. The molecule has 2 atom stereocenters. The molecule has 10 heavy (non-hydrogen) atoms. The molecule has 0 bridgehead atoms. The zero-order chi connectivity index (χ0) is 7.98. The van der Waals surface area contributed by atoms with Crippen LogP contribution in [0.3, 0.4) is 0 Å². The van der Waals surface area contributed by atoms with E-state index in [-0.39, 0.29) is 5.92 Å². The first-order valence-corrected chi connectivity index (χ1v) is 3.29. The Balaban J connectivity index is 3.59. The molecule has 2 unspecified atom stereocenters. The maximum atomic E-state index is 10.2. The van der Waals surface area contributed by atoms with Crippen molar-refractivity contribution in [3.63, 3.8) is 0 Å². The molecular formula is C7H12O3. The summed E-state index contributed by atoms with van der Waals surface area (Å²) in [4.78, 5) is 20.0. The predicted molar refractivity (Wildman–Crippen MR) is 36.5 cm³/mol.